The molecule has 29 heavy (non-hydrogen) atoms. The Kier molecular flexibility index (Phi) is 4.91. The fourth-order valence-corrected chi connectivity index (χ4v) is 4.02. The van der Waals surface area contributed by atoms with Gasteiger partial charge in [-0.05, 0) is 18.4 Å². The number of H-pyrrole nitrogens is 2. The van der Waals surface area contributed by atoms with Crippen molar-refractivity contribution in [1.82, 2.24) is 30.3 Å². The Bertz CT molecular complexity index is 974. The Labute approximate surface area is 166 Å². The first kappa shape index (κ1) is 18.9. The number of aromatic nitrogens is 3. The van der Waals surface area contributed by atoms with Gasteiger partial charge in [0.25, 0.3) is 5.91 Å². The van der Waals surface area contributed by atoms with E-state index in [1.54, 1.807) is 9.80 Å². The van der Waals surface area contributed by atoms with Crippen molar-refractivity contribution < 1.29 is 14.4 Å². The van der Waals surface area contributed by atoms with Crippen LogP contribution in [0.4, 0.5) is 4.79 Å². The summed E-state index contributed by atoms with van der Waals surface area (Å²) < 4.78 is 0. The molecule has 0 atom stereocenters. The zero-order valence-corrected chi connectivity index (χ0v) is 15.8. The Balaban J connectivity index is 1.40. The van der Waals surface area contributed by atoms with Crippen LogP contribution in [0.1, 0.15) is 30.7 Å². The largest absolute Gasteiger partial charge is 0.342 e. The molecule has 4 amide bonds. The highest BCUT2D eigenvalue weighted by molar-refractivity contribution is 6.07. The lowest BCUT2D eigenvalue weighted by molar-refractivity contribution is -0.138. The number of rotatable bonds is 5. The maximum absolute atomic E-state index is 12.6. The Hall–Kier alpha value is -3.43. The van der Waals surface area contributed by atoms with Gasteiger partial charge in [-0.1, -0.05) is 30.3 Å². The number of urea groups is 1. The minimum Gasteiger partial charge on any atom is -0.342 e. The standard InChI is InChI=1S/C19H22N6O4/c26-15(7-6-14-20-17(28)23-22-14)24-10-8-19(9-11-24)16(27)21-18(29)25(19)12-13-4-2-1-3-5-13/h1-5H,6-12H2,(H,21,27,29)(H2,20,22,23,28). The molecule has 3 heterocycles. The molecule has 10 nitrogen and oxygen atoms in total. The second-order valence-corrected chi connectivity index (χ2v) is 7.37. The fourth-order valence-electron chi connectivity index (χ4n) is 4.02. The van der Waals surface area contributed by atoms with E-state index in [0.717, 1.165) is 5.56 Å². The molecule has 0 aliphatic carbocycles. The number of imide groups is 1. The molecule has 2 saturated heterocycles. The quantitative estimate of drug-likeness (QED) is 0.617. The summed E-state index contributed by atoms with van der Waals surface area (Å²) in [5.74, 6) is 0.0781. The van der Waals surface area contributed by atoms with Crippen LogP contribution in [0, 0.1) is 0 Å². The number of hydrogen-bond acceptors (Lipinski definition) is 5. The molecule has 3 N–H and O–H groups in total. The number of aryl methyl sites for hydroxylation is 1. The van der Waals surface area contributed by atoms with E-state index in [9.17, 15) is 19.2 Å². The van der Waals surface area contributed by atoms with E-state index in [0.29, 0.717) is 44.7 Å². The average Bonchev–Trinajstić information content (AvgIpc) is 3.24. The third-order valence-corrected chi connectivity index (χ3v) is 5.66. The van der Waals surface area contributed by atoms with E-state index in [1.807, 2.05) is 30.3 Å². The van der Waals surface area contributed by atoms with E-state index >= 15 is 0 Å². The first-order valence-electron chi connectivity index (χ1n) is 9.56. The van der Waals surface area contributed by atoms with E-state index in [4.69, 9.17) is 0 Å². The molecule has 0 radical (unpaired) electrons. The molecule has 2 aliphatic rings. The maximum atomic E-state index is 12.6. The first-order valence-corrected chi connectivity index (χ1v) is 9.56. The van der Waals surface area contributed by atoms with Crippen LogP contribution in [0.5, 0.6) is 0 Å². The lowest BCUT2D eigenvalue weighted by Crippen LogP contribution is -2.57. The number of nitrogens with one attached hydrogen (secondary N) is 3. The van der Waals surface area contributed by atoms with Crippen molar-refractivity contribution in [2.24, 2.45) is 0 Å². The third-order valence-electron chi connectivity index (χ3n) is 5.66. The summed E-state index contributed by atoms with van der Waals surface area (Å²) in [6.45, 7) is 1.13. The summed E-state index contributed by atoms with van der Waals surface area (Å²) in [4.78, 5) is 54.4. The summed E-state index contributed by atoms with van der Waals surface area (Å²) in [6.07, 6.45) is 1.33. The molecule has 0 bridgehead atoms. The van der Waals surface area contributed by atoms with Gasteiger partial charge in [0.15, 0.2) is 0 Å². The highest BCUT2D eigenvalue weighted by atomic mass is 16.2. The van der Waals surface area contributed by atoms with Crippen LogP contribution in [0.3, 0.4) is 0 Å². The predicted octanol–water partition coefficient (Wildman–Crippen LogP) is 0.144. The Morgan fingerprint density at radius 2 is 1.83 bits per heavy atom. The minimum absolute atomic E-state index is 0.0666. The summed E-state index contributed by atoms with van der Waals surface area (Å²) >= 11 is 0. The van der Waals surface area contributed by atoms with Gasteiger partial charge in [-0.2, -0.15) is 5.10 Å². The van der Waals surface area contributed by atoms with Gasteiger partial charge in [0, 0.05) is 32.5 Å². The normalized spacial score (nSPS) is 18.3. The molecule has 0 unspecified atom stereocenters. The minimum atomic E-state index is -0.920. The van der Waals surface area contributed by atoms with Gasteiger partial charge in [-0.15, -0.1) is 0 Å². The van der Waals surface area contributed by atoms with E-state index in [2.05, 4.69) is 20.5 Å². The lowest BCUT2D eigenvalue weighted by atomic mass is 9.85. The van der Waals surface area contributed by atoms with Crippen LogP contribution in [0.15, 0.2) is 35.1 Å². The predicted molar refractivity (Wildman–Crippen MR) is 102 cm³/mol. The van der Waals surface area contributed by atoms with Crippen molar-refractivity contribution >= 4 is 17.8 Å². The van der Waals surface area contributed by atoms with Gasteiger partial charge >= 0.3 is 11.7 Å². The molecule has 10 heteroatoms. The molecule has 1 aromatic heterocycles. The summed E-state index contributed by atoms with van der Waals surface area (Å²) in [5.41, 5.74) is -0.372. The molecule has 2 aromatic rings. The van der Waals surface area contributed by atoms with Gasteiger partial charge in [-0.25, -0.2) is 14.7 Å². The topological polar surface area (TPSA) is 131 Å². The SMILES string of the molecule is O=C(CCc1n[nH]c(=O)[nH]1)N1CCC2(CC1)C(=O)NC(=O)N2Cc1ccccc1. The first-order chi connectivity index (χ1) is 14.0. The maximum Gasteiger partial charge on any atom is 0.340 e. The number of benzene rings is 1. The van der Waals surface area contributed by atoms with Crippen molar-refractivity contribution in [2.75, 3.05) is 13.1 Å². The lowest BCUT2D eigenvalue weighted by Gasteiger charge is -2.42. The number of nitrogens with zero attached hydrogens (tertiary/aromatic N) is 3. The second kappa shape index (κ2) is 7.53. The average molecular weight is 398 g/mol. The second-order valence-electron chi connectivity index (χ2n) is 7.37. The third kappa shape index (κ3) is 3.65. The van der Waals surface area contributed by atoms with Gasteiger partial charge < -0.3 is 9.80 Å². The zero-order chi connectivity index (χ0) is 20.4. The number of likely N-dealkylation sites (tertiary alicyclic amines) is 1. The number of carbonyl (C=O) groups excluding carboxylic acids is 3. The Morgan fingerprint density at radius 3 is 2.48 bits per heavy atom. The molecular formula is C19H22N6O4. The van der Waals surface area contributed by atoms with Gasteiger partial charge in [0.2, 0.25) is 5.91 Å². The Morgan fingerprint density at radius 1 is 1.10 bits per heavy atom. The van der Waals surface area contributed by atoms with Crippen LogP contribution < -0.4 is 11.0 Å². The van der Waals surface area contributed by atoms with Crippen LogP contribution in [0.25, 0.3) is 0 Å². The molecule has 2 fully saturated rings. The van der Waals surface area contributed by atoms with E-state index in [1.165, 1.54) is 0 Å². The molecule has 1 aromatic carbocycles. The number of carbonyl (C=O) groups is 3. The number of piperidine rings is 1. The summed E-state index contributed by atoms with van der Waals surface area (Å²) in [6, 6.07) is 9.14. The fraction of sp³-hybridized carbons (Fsp3) is 0.421. The van der Waals surface area contributed by atoms with Gasteiger partial charge in [0.05, 0.1) is 0 Å². The van der Waals surface area contributed by atoms with E-state index < -0.39 is 11.2 Å². The van der Waals surface area contributed by atoms with E-state index in [-0.39, 0.29) is 24.3 Å². The summed E-state index contributed by atoms with van der Waals surface area (Å²) in [5, 5.41) is 8.51. The number of hydrogen-bond donors (Lipinski definition) is 3. The summed E-state index contributed by atoms with van der Waals surface area (Å²) in [7, 11) is 0. The molecule has 0 saturated carbocycles. The number of amides is 4. The van der Waals surface area contributed by atoms with Crippen molar-refractivity contribution in [2.45, 2.75) is 37.8 Å². The molecule has 4 rings (SSSR count). The van der Waals surface area contributed by atoms with Crippen LogP contribution in [-0.4, -0.2) is 61.5 Å². The number of aromatic amines is 2. The zero-order valence-electron chi connectivity index (χ0n) is 15.8. The van der Waals surface area contributed by atoms with Crippen molar-refractivity contribution in [3.63, 3.8) is 0 Å². The molecule has 152 valence electrons. The molecular weight excluding hydrogens is 376 g/mol. The van der Waals surface area contributed by atoms with Crippen LogP contribution in [0.2, 0.25) is 0 Å². The van der Waals surface area contributed by atoms with Crippen LogP contribution in [-0.2, 0) is 22.6 Å². The van der Waals surface area contributed by atoms with Crippen molar-refractivity contribution in [1.29, 1.82) is 0 Å². The van der Waals surface area contributed by atoms with Crippen molar-refractivity contribution in [3.8, 4) is 0 Å². The smallest absolute Gasteiger partial charge is 0.340 e. The highest BCUT2D eigenvalue weighted by Crippen LogP contribution is 2.34. The monoisotopic (exact) mass is 398 g/mol. The van der Waals surface area contributed by atoms with Crippen molar-refractivity contribution in [3.05, 3.63) is 52.2 Å². The highest BCUT2D eigenvalue weighted by Gasteiger charge is 2.54. The van der Waals surface area contributed by atoms with Gasteiger partial charge in [-0.3, -0.25) is 19.9 Å². The van der Waals surface area contributed by atoms with Gasteiger partial charge in [0.1, 0.15) is 11.4 Å². The molecule has 2 aliphatic heterocycles. The molecule has 1 spiro atoms. The van der Waals surface area contributed by atoms with Crippen LogP contribution >= 0.6 is 0 Å².